The molecule has 1 saturated carbocycles. The molecule has 1 aliphatic rings. The molecule has 0 saturated heterocycles. The quantitative estimate of drug-likeness (QED) is 0.899. The van der Waals surface area contributed by atoms with Crippen molar-refractivity contribution in [2.75, 3.05) is 7.05 Å². The largest absolute Gasteiger partial charge is 0.334 e. The van der Waals surface area contributed by atoms with Gasteiger partial charge in [0.1, 0.15) is 11.6 Å². The van der Waals surface area contributed by atoms with Crippen molar-refractivity contribution in [1.82, 2.24) is 10.2 Å². The second-order valence-corrected chi connectivity index (χ2v) is 5.77. The Bertz CT molecular complexity index is 513. The lowest BCUT2D eigenvalue weighted by Gasteiger charge is -2.32. The van der Waals surface area contributed by atoms with Gasteiger partial charge in [0.2, 0.25) is 5.91 Å². The van der Waals surface area contributed by atoms with Crippen molar-refractivity contribution >= 4 is 5.91 Å². The molecule has 0 atom stereocenters. The minimum absolute atomic E-state index is 0.0637. The Morgan fingerprint density at radius 3 is 2.55 bits per heavy atom. The summed E-state index contributed by atoms with van der Waals surface area (Å²) in [5.74, 6) is -1.27. The van der Waals surface area contributed by atoms with Crippen molar-refractivity contribution in [3.8, 4) is 0 Å². The van der Waals surface area contributed by atoms with Gasteiger partial charge in [-0.15, -0.1) is 0 Å². The Kier molecular flexibility index (Phi) is 4.09. The lowest BCUT2D eigenvalue weighted by Crippen LogP contribution is -2.53. The van der Waals surface area contributed by atoms with Crippen LogP contribution >= 0.6 is 0 Å². The van der Waals surface area contributed by atoms with E-state index in [0.717, 1.165) is 18.9 Å². The summed E-state index contributed by atoms with van der Waals surface area (Å²) in [6.45, 7) is 3.78. The minimum Gasteiger partial charge on any atom is -0.334 e. The zero-order valence-electron chi connectivity index (χ0n) is 12.0. The molecule has 110 valence electrons. The van der Waals surface area contributed by atoms with Crippen LogP contribution in [0.25, 0.3) is 0 Å². The van der Waals surface area contributed by atoms with Gasteiger partial charge in [-0.2, -0.15) is 0 Å². The summed E-state index contributed by atoms with van der Waals surface area (Å²) in [7, 11) is 1.72. The van der Waals surface area contributed by atoms with E-state index in [4.69, 9.17) is 0 Å². The molecule has 1 aromatic rings. The Labute approximate surface area is 118 Å². The summed E-state index contributed by atoms with van der Waals surface area (Å²) >= 11 is 0. The fraction of sp³-hybridized carbons (Fsp3) is 0.533. The van der Waals surface area contributed by atoms with Crippen LogP contribution in [-0.2, 0) is 11.3 Å². The van der Waals surface area contributed by atoms with Crippen LogP contribution in [0.4, 0.5) is 8.78 Å². The number of nitrogens with zero attached hydrogens (tertiary/aromatic N) is 1. The van der Waals surface area contributed by atoms with Crippen molar-refractivity contribution in [2.45, 2.75) is 44.8 Å². The van der Waals surface area contributed by atoms with E-state index in [1.807, 2.05) is 0 Å². The number of benzene rings is 1. The van der Waals surface area contributed by atoms with Crippen LogP contribution in [0.2, 0.25) is 0 Å². The fourth-order valence-corrected chi connectivity index (χ4v) is 2.05. The average Bonchev–Trinajstić information content (AvgIpc) is 3.21. The summed E-state index contributed by atoms with van der Waals surface area (Å²) in [6, 6.07) is 3.64. The van der Waals surface area contributed by atoms with Crippen LogP contribution in [0, 0.1) is 11.6 Å². The molecule has 20 heavy (non-hydrogen) atoms. The third-order valence-electron chi connectivity index (χ3n) is 3.76. The highest BCUT2D eigenvalue weighted by Gasteiger charge is 2.39. The lowest BCUT2D eigenvalue weighted by molar-refractivity contribution is -0.138. The Morgan fingerprint density at radius 2 is 2.05 bits per heavy atom. The van der Waals surface area contributed by atoms with Gasteiger partial charge in [-0.3, -0.25) is 4.79 Å². The van der Waals surface area contributed by atoms with Crippen LogP contribution in [0.15, 0.2) is 18.2 Å². The van der Waals surface area contributed by atoms with Crippen LogP contribution < -0.4 is 5.32 Å². The number of carbonyl (C=O) groups is 1. The van der Waals surface area contributed by atoms with Gasteiger partial charge in [0, 0.05) is 24.2 Å². The predicted octanol–water partition coefficient (Wildman–Crippen LogP) is 2.45. The van der Waals surface area contributed by atoms with Crippen molar-refractivity contribution in [2.24, 2.45) is 0 Å². The first-order valence-electron chi connectivity index (χ1n) is 6.79. The second kappa shape index (κ2) is 5.48. The molecule has 3 nitrogen and oxygen atoms in total. The molecule has 0 spiro atoms. The predicted molar refractivity (Wildman–Crippen MR) is 73.1 cm³/mol. The molecule has 0 heterocycles. The molecule has 0 aliphatic heterocycles. The van der Waals surface area contributed by atoms with Crippen LogP contribution in [0.5, 0.6) is 0 Å². The van der Waals surface area contributed by atoms with Crippen molar-refractivity contribution in [1.29, 1.82) is 0 Å². The molecule has 1 aliphatic carbocycles. The molecule has 5 heteroatoms. The van der Waals surface area contributed by atoms with Gasteiger partial charge in [-0.1, -0.05) is 6.07 Å². The van der Waals surface area contributed by atoms with Gasteiger partial charge in [0.25, 0.3) is 0 Å². The van der Waals surface area contributed by atoms with E-state index in [9.17, 15) is 13.6 Å². The number of carbonyl (C=O) groups excluding carboxylic acids is 1. The second-order valence-electron chi connectivity index (χ2n) is 5.77. The van der Waals surface area contributed by atoms with Gasteiger partial charge in [-0.25, -0.2) is 8.78 Å². The van der Waals surface area contributed by atoms with E-state index in [1.54, 1.807) is 25.8 Å². The van der Waals surface area contributed by atoms with Crippen molar-refractivity contribution < 1.29 is 13.6 Å². The maximum Gasteiger partial charge on any atom is 0.242 e. The maximum atomic E-state index is 13.7. The molecule has 2 rings (SSSR count). The van der Waals surface area contributed by atoms with Crippen LogP contribution in [0.3, 0.4) is 0 Å². The number of nitrogens with one attached hydrogen (secondary N) is 1. The highest BCUT2D eigenvalue weighted by Crippen LogP contribution is 2.30. The van der Waals surface area contributed by atoms with Crippen molar-refractivity contribution in [3.63, 3.8) is 0 Å². The third-order valence-corrected chi connectivity index (χ3v) is 3.76. The number of amides is 1. The molecular weight excluding hydrogens is 262 g/mol. The summed E-state index contributed by atoms with van der Waals surface area (Å²) in [4.78, 5) is 14.2. The highest BCUT2D eigenvalue weighted by atomic mass is 19.1. The molecule has 0 radical (unpaired) electrons. The van der Waals surface area contributed by atoms with Gasteiger partial charge >= 0.3 is 0 Å². The Morgan fingerprint density at radius 1 is 1.40 bits per heavy atom. The monoisotopic (exact) mass is 282 g/mol. The first kappa shape index (κ1) is 14.9. The SMILES string of the molecule is CNC(C)(C)C(=O)N(Cc1ccc(F)cc1F)C1CC1. The van der Waals surface area contributed by atoms with Gasteiger partial charge in [-0.05, 0) is 39.8 Å². The zero-order chi connectivity index (χ0) is 14.9. The van der Waals surface area contributed by atoms with Gasteiger partial charge in [0.15, 0.2) is 0 Å². The van der Waals surface area contributed by atoms with E-state index in [0.29, 0.717) is 5.56 Å². The van der Waals surface area contributed by atoms with Gasteiger partial charge < -0.3 is 10.2 Å². The maximum absolute atomic E-state index is 13.7. The molecule has 1 amide bonds. The first-order valence-corrected chi connectivity index (χ1v) is 6.79. The molecule has 0 bridgehead atoms. The van der Waals surface area contributed by atoms with E-state index < -0.39 is 17.2 Å². The normalized spacial score (nSPS) is 15.2. The standard InChI is InChI=1S/C15H20F2N2O/c1-15(2,18-3)14(20)19(12-6-7-12)9-10-4-5-11(16)8-13(10)17/h4-5,8,12,18H,6-7,9H2,1-3H3. The number of hydrogen-bond donors (Lipinski definition) is 1. The molecule has 0 unspecified atom stereocenters. The van der Waals surface area contributed by atoms with E-state index in [1.165, 1.54) is 12.1 Å². The third kappa shape index (κ3) is 3.15. The summed E-state index contributed by atoms with van der Waals surface area (Å²) in [5.41, 5.74) is -0.349. The van der Waals surface area contributed by atoms with Crippen molar-refractivity contribution in [3.05, 3.63) is 35.4 Å². The van der Waals surface area contributed by atoms with E-state index >= 15 is 0 Å². The number of rotatable bonds is 5. The molecular formula is C15H20F2N2O. The number of halogens is 2. The zero-order valence-corrected chi connectivity index (χ0v) is 12.0. The average molecular weight is 282 g/mol. The lowest BCUT2D eigenvalue weighted by atomic mass is 10.0. The number of likely N-dealkylation sites (N-methyl/N-ethyl adjacent to an activating group) is 1. The van der Waals surface area contributed by atoms with Gasteiger partial charge in [0.05, 0.1) is 5.54 Å². The summed E-state index contributed by atoms with van der Waals surface area (Å²) in [6.07, 6.45) is 1.88. The van der Waals surface area contributed by atoms with E-state index in [2.05, 4.69) is 5.32 Å². The molecule has 0 aromatic heterocycles. The fourth-order valence-electron chi connectivity index (χ4n) is 2.05. The molecule has 1 N–H and O–H groups in total. The first-order chi connectivity index (χ1) is 9.35. The Hall–Kier alpha value is -1.49. The Balaban J connectivity index is 2.20. The topological polar surface area (TPSA) is 32.3 Å². The molecule has 1 aromatic carbocycles. The van der Waals surface area contributed by atoms with E-state index in [-0.39, 0.29) is 18.5 Å². The van der Waals surface area contributed by atoms with Crippen LogP contribution in [-0.4, -0.2) is 29.4 Å². The minimum atomic E-state index is -0.695. The summed E-state index contributed by atoms with van der Waals surface area (Å²) in [5, 5.41) is 2.97. The molecule has 1 fully saturated rings. The smallest absolute Gasteiger partial charge is 0.242 e. The van der Waals surface area contributed by atoms with Crippen LogP contribution in [0.1, 0.15) is 32.3 Å². The highest BCUT2D eigenvalue weighted by molar-refractivity contribution is 5.86. The number of hydrogen-bond acceptors (Lipinski definition) is 2. The summed E-state index contributed by atoms with van der Waals surface area (Å²) < 4.78 is 26.7.